The Bertz CT molecular complexity index is 112. The van der Waals surface area contributed by atoms with E-state index in [1.807, 2.05) is 19.2 Å². The first-order chi connectivity index (χ1) is 3.43. The quantitative estimate of drug-likeness (QED) is 0.479. The summed E-state index contributed by atoms with van der Waals surface area (Å²) in [4.78, 5) is 1.29. The minimum atomic E-state index is 1.29. The van der Waals surface area contributed by atoms with Gasteiger partial charge in [-0.25, -0.2) is 0 Å². The highest BCUT2D eigenvalue weighted by molar-refractivity contribution is 8.01. The molecule has 0 radical (unpaired) electrons. The van der Waals surface area contributed by atoms with Crippen molar-refractivity contribution >= 4 is 11.9 Å². The maximum Gasteiger partial charge on any atom is 0.0256 e. The molecule has 1 aliphatic rings. The molecular weight excluding hydrogens is 106 g/mol. The van der Waals surface area contributed by atoms with Gasteiger partial charge < -0.3 is 4.72 Å². The van der Waals surface area contributed by atoms with Gasteiger partial charge in [0.1, 0.15) is 0 Å². The van der Waals surface area contributed by atoms with Crippen LogP contribution in [0.15, 0.2) is 23.3 Å². The first-order valence-electron chi connectivity index (χ1n) is 2.18. The zero-order valence-electron chi connectivity index (χ0n) is 4.14. The number of hydrogen-bond acceptors (Lipinski definition) is 2. The van der Waals surface area contributed by atoms with Gasteiger partial charge >= 0.3 is 0 Å². The Morgan fingerprint density at radius 1 is 1.86 bits per heavy atom. The predicted octanol–water partition coefficient (Wildman–Crippen LogP) is 1.66. The topological polar surface area (TPSA) is 12.0 Å². The second-order valence-electron chi connectivity index (χ2n) is 1.24. The maximum atomic E-state index is 2.99. The van der Waals surface area contributed by atoms with E-state index in [0.29, 0.717) is 0 Å². The Labute approximate surface area is 47.6 Å². The number of hydrogen-bond donors (Lipinski definition) is 1. The van der Waals surface area contributed by atoms with Crippen molar-refractivity contribution in [2.75, 3.05) is 0 Å². The lowest BCUT2D eigenvalue weighted by atomic mass is 10.5. The fourth-order valence-electron chi connectivity index (χ4n) is 0.407. The van der Waals surface area contributed by atoms with E-state index in [1.165, 1.54) is 4.91 Å². The van der Waals surface area contributed by atoms with Gasteiger partial charge in [-0.2, -0.15) is 0 Å². The van der Waals surface area contributed by atoms with Crippen molar-refractivity contribution in [1.29, 1.82) is 0 Å². The fourth-order valence-corrected chi connectivity index (χ4v) is 0.933. The summed E-state index contributed by atoms with van der Waals surface area (Å²) in [7, 11) is 0. The molecule has 1 N–H and O–H groups in total. The summed E-state index contributed by atoms with van der Waals surface area (Å²) >= 11 is 1.64. The van der Waals surface area contributed by atoms with E-state index in [4.69, 9.17) is 0 Å². The molecule has 1 aliphatic heterocycles. The van der Waals surface area contributed by atoms with Crippen LogP contribution < -0.4 is 4.72 Å². The SMILES string of the molecule is CC=C1C=CNS1. The van der Waals surface area contributed by atoms with Gasteiger partial charge in [0.05, 0.1) is 0 Å². The van der Waals surface area contributed by atoms with Gasteiger partial charge in [-0.1, -0.05) is 6.08 Å². The van der Waals surface area contributed by atoms with Gasteiger partial charge in [-0.15, -0.1) is 0 Å². The van der Waals surface area contributed by atoms with Crippen LogP contribution in [0.1, 0.15) is 6.92 Å². The average Bonchev–Trinajstić information content (AvgIpc) is 2.14. The Balaban J connectivity index is 2.59. The lowest BCUT2D eigenvalue weighted by Crippen LogP contribution is -1.78. The van der Waals surface area contributed by atoms with Gasteiger partial charge in [0.15, 0.2) is 0 Å². The van der Waals surface area contributed by atoms with E-state index in [2.05, 4.69) is 10.8 Å². The molecule has 0 unspecified atom stereocenters. The third-order valence-electron chi connectivity index (χ3n) is 0.777. The largest absolute Gasteiger partial charge is 0.332 e. The summed E-state index contributed by atoms with van der Waals surface area (Å²) in [6, 6.07) is 0. The Hall–Kier alpha value is -0.370. The normalized spacial score (nSPS) is 23.3. The smallest absolute Gasteiger partial charge is 0.0256 e. The maximum absolute atomic E-state index is 2.99. The summed E-state index contributed by atoms with van der Waals surface area (Å²) < 4.78 is 2.99. The van der Waals surface area contributed by atoms with Crippen molar-refractivity contribution in [2.45, 2.75) is 6.92 Å². The van der Waals surface area contributed by atoms with Crippen molar-refractivity contribution in [2.24, 2.45) is 0 Å². The summed E-state index contributed by atoms with van der Waals surface area (Å²) in [5.74, 6) is 0. The van der Waals surface area contributed by atoms with Crippen LogP contribution in [0.5, 0.6) is 0 Å². The van der Waals surface area contributed by atoms with E-state index in [-0.39, 0.29) is 0 Å². The molecule has 0 aliphatic carbocycles. The second-order valence-corrected chi connectivity index (χ2v) is 2.16. The molecule has 0 bridgehead atoms. The average molecular weight is 113 g/mol. The Morgan fingerprint density at radius 3 is 3.00 bits per heavy atom. The van der Waals surface area contributed by atoms with Gasteiger partial charge in [-0.05, 0) is 24.9 Å². The monoisotopic (exact) mass is 113 g/mol. The molecule has 1 heterocycles. The lowest BCUT2D eigenvalue weighted by Gasteiger charge is -1.85. The van der Waals surface area contributed by atoms with E-state index in [0.717, 1.165) is 0 Å². The Kier molecular flexibility index (Phi) is 1.42. The molecule has 0 spiro atoms. The standard InChI is InChI=1S/C5H7NS/c1-2-5-3-4-6-7-5/h2-4,6H,1H3. The number of allylic oxidation sites excluding steroid dienone is 2. The molecule has 0 saturated heterocycles. The first-order valence-corrected chi connectivity index (χ1v) is 3.00. The molecule has 2 heteroatoms. The zero-order valence-corrected chi connectivity index (χ0v) is 4.96. The minimum absolute atomic E-state index is 1.29. The van der Waals surface area contributed by atoms with Gasteiger partial charge in [0.2, 0.25) is 0 Å². The molecule has 0 atom stereocenters. The van der Waals surface area contributed by atoms with Crippen LogP contribution in [-0.2, 0) is 0 Å². The molecule has 0 aromatic rings. The predicted molar refractivity (Wildman–Crippen MR) is 33.6 cm³/mol. The molecule has 1 nitrogen and oxygen atoms in total. The van der Waals surface area contributed by atoms with Crippen LogP contribution in [0.4, 0.5) is 0 Å². The highest BCUT2D eigenvalue weighted by Crippen LogP contribution is 2.17. The van der Waals surface area contributed by atoms with E-state index in [1.54, 1.807) is 11.9 Å². The van der Waals surface area contributed by atoms with Crippen molar-refractivity contribution in [1.82, 2.24) is 4.72 Å². The summed E-state index contributed by atoms with van der Waals surface area (Å²) in [6.45, 7) is 2.03. The first kappa shape index (κ1) is 4.78. The third-order valence-corrected chi connectivity index (χ3v) is 1.64. The van der Waals surface area contributed by atoms with Crippen LogP contribution in [0.2, 0.25) is 0 Å². The van der Waals surface area contributed by atoms with Crippen LogP contribution in [0.3, 0.4) is 0 Å². The van der Waals surface area contributed by atoms with Gasteiger partial charge in [0.25, 0.3) is 0 Å². The number of rotatable bonds is 0. The van der Waals surface area contributed by atoms with E-state index < -0.39 is 0 Å². The highest BCUT2D eigenvalue weighted by atomic mass is 32.2. The van der Waals surface area contributed by atoms with Crippen LogP contribution >= 0.6 is 11.9 Å². The van der Waals surface area contributed by atoms with Gasteiger partial charge in [-0.3, -0.25) is 0 Å². The van der Waals surface area contributed by atoms with Crippen LogP contribution in [0.25, 0.3) is 0 Å². The second kappa shape index (κ2) is 2.07. The molecule has 1 rings (SSSR count). The molecule has 0 aromatic carbocycles. The molecule has 0 saturated carbocycles. The molecule has 38 valence electrons. The molecule has 0 fully saturated rings. The molecular formula is C5H7NS. The number of nitrogens with one attached hydrogen (secondary N) is 1. The molecule has 0 amide bonds. The van der Waals surface area contributed by atoms with Gasteiger partial charge in [0, 0.05) is 11.1 Å². The summed E-state index contributed by atoms with van der Waals surface area (Å²) in [5, 5.41) is 0. The van der Waals surface area contributed by atoms with Crippen LogP contribution in [0, 0.1) is 0 Å². The lowest BCUT2D eigenvalue weighted by molar-refractivity contribution is 1.46. The van der Waals surface area contributed by atoms with Crippen molar-refractivity contribution in [3.8, 4) is 0 Å². The van der Waals surface area contributed by atoms with E-state index in [9.17, 15) is 0 Å². The summed E-state index contributed by atoms with van der Waals surface area (Å²) in [6.07, 6.45) is 6.05. The van der Waals surface area contributed by atoms with Crippen LogP contribution in [-0.4, -0.2) is 0 Å². The van der Waals surface area contributed by atoms with Crippen molar-refractivity contribution < 1.29 is 0 Å². The summed E-state index contributed by atoms with van der Waals surface area (Å²) in [5.41, 5.74) is 0. The van der Waals surface area contributed by atoms with E-state index >= 15 is 0 Å². The Morgan fingerprint density at radius 2 is 2.71 bits per heavy atom. The molecule has 0 aromatic heterocycles. The highest BCUT2D eigenvalue weighted by Gasteiger charge is 1.93. The third kappa shape index (κ3) is 0.996. The van der Waals surface area contributed by atoms with Crippen molar-refractivity contribution in [3.05, 3.63) is 23.3 Å². The minimum Gasteiger partial charge on any atom is -0.332 e. The van der Waals surface area contributed by atoms with Crippen molar-refractivity contribution in [3.63, 3.8) is 0 Å². The zero-order chi connectivity index (χ0) is 5.11. The fraction of sp³-hybridized carbons (Fsp3) is 0.200. The molecule has 7 heavy (non-hydrogen) atoms.